The highest BCUT2D eigenvalue weighted by atomic mass is 35.5. The number of nitrogens with zero attached hydrogens (tertiary/aromatic N) is 1. The van der Waals surface area contributed by atoms with Crippen molar-refractivity contribution in [2.24, 2.45) is 5.92 Å². The summed E-state index contributed by atoms with van der Waals surface area (Å²) in [6.45, 7) is 0.518. The van der Waals surface area contributed by atoms with Gasteiger partial charge in [-0.1, -0.05) is 58.5 Å². The van der Waals surface area contributed by atoms with Gasteiger partial charge in [-0.3, -0.25) is 4.79 Å². The predicted molar refractivity (Wildman–Crippen MR) is 118 cm³/mol. The van der Waals surface area contributed by atoms with Gasteiger partial charge in [0.1, 0.15) is 0 Å². The number of carbonyl (C=O) groups excluding carboxylic acids is 1. The summed E-state index contributed by atoms with van der Waals surface area (Å²) in [5.74, 6) is -0.722. The zero-order valence-electron chi connectivity index (χ0n) is 15.2. The van der Waals surface area contributed by atoms with Crippen LogP contribution in [0.15, 0.2) is 36.4 Å². The third kappa shape index (κ3) is 5.57. The summed E-state index contributed by atoms with van der Waals surface area (Å²) in [7, 11) is -3.56. The second kappa shape index (κ2) is 9.41. The van der Waals surface area contributed by atoms with Gasteiger partial charge in [0.2, 0.25) is 15.9 Å². The van der Waals surface area contributed by atoms with Gasteiger partial charge < -0.3 is 5.32 Å². The smallest absolute Gasteiger partial charge is 0.227 e. The van der Waals surface area contributed by atoms with E-state index in [9.17, 15) is 13.2 Å². The average molecular weight is 496 g/mol. The van der Waals surface area contributed by atoms with E-state index >= 15 is 0 Å². The second-order valence-corrected chi connectivity index (χ2v) is 10.4. The quantitative estimate of drug-likeness (QED) is 0.597. The van der Waals surface area contributed by atoms with Crippen molar-refractivity contribution in [3.63, 3.8) is 0 Å². The van der Waals surface area contributed by atoms with Crippen molar-refractivity contribution >= 4 is 68.0 Å². The maximum atomic E-state index is 12.7. The van der Waals surface area contributed by atoms with E-state index in [1.165, 1.54) is 10.4 Å². The fourth-order valence-electron chi connectivity index (χ4n) is 3.16. The fourth-order valence-corrected chi connectivity index (χ4v) is 5.65. The SMILES string of the molecule is O=C(Nc1cccc(Cl)c1Cl)C1CCN(S(=O)(=O)Cc2ccc(Cl)cc2Cl)CC1. The molecule has 1 fully saturated rings. The van der Waals surface area contributed by atoms with Gasteiger partial charge in [0.15, 0.2) is 0 Å². The molecule has 0 saturated carbocycles. The van der Waals surface area contributed by atoms with Crippen molar-refractivity contribution in [3.8, 4) is 0 Å². The van der Waals surface area contributed by atoms with Gasteiger partial charge in [0, 0.05) is 29.1 Å². The van der Waals surface area contributed by atoms with Gasteiger partial charge in [-0.05, 0) is 42.7 Å². The number of hydrogen-bond donors (Lipinski definition) is 1. The third-order valence-electron chi connectivity index (χ3n) is 4.78. The van der Waals surface area contributed by atoms with Gasteiger partial charge in [0.25, 0.3) is 0 Å². The van der Waals surface area contributed by atoms with Crippen LogP contribution in [0.1, 0.15) is 18.4 Å². The standard InChI is InChI=1S/C19H18Cl4N2O3S/c20-14-5-4-13(16(22)10-14)11-29(27,28)25-8-6-12(7-9-25)19(26)24-17-3-1-2-15(21)18(17)23/h1-5,10,12H,6-9,11H2,(H,24,26). The molecule has 0 atom stereocenters. The number of halogens is 4. The van der Waals surface area contributed by atoms with Crippen LogP contribution in [0.4, 0.5) is 5.69 Å². The van der Waals surface area contributed by atoms with Crippen LogP contribution in [-0.2, 0) is 20.6 Å². The zero-order valence-corrected chi connectivity index (χ0v) is 19.0. The van der Waals surface area contributed by atoms with E-state index in [2.05, 4.69) is 5.32 Å². The Kier molecular flexibility index (Phi) is 7.36. The minimum Gasteiger partial charge on any atom is -0.324 e. The number of rotatable bonds is 5. The highest BCUT2D eigenvalue weighted by molar-refractivity contribution is 7.88. The first-order valence-electron chi connectivity index (χ1n) is 8.84. The van der Waals surface area contributed by atoms with Crippen molar-refractivity contribution in [2.45, 2.75) is 18.6 Å². The van der Waals surface area contributed by atoms with E-state index < -0.39 is 10.0 Å². The Morgan fingerprint density at radius 3 is 2.38 bits per heavy atom. The molecule has 0 spiro atoms. The lowest BCUT2D eigenvalue weighted by Gasteiger charge is -2.30. The number of benzene rings is 2. The van der Waals surface area contributed by atoms with Crippen molar-refractivity contribution in [2.75, 3.05) is 18.4 Å². The lowest BCUT2D eigenvalue weighted by atomic mass is 9.97. The van der Waals surface area contributed by atoms with E-state index in [1.54, 1.807) is 30.3 Å². The number of carbonyl (C=O) groups is 1. The first-order chi connectivity index (χ1) is 13.7. The number of nitrogens with one attached hydrogen (secondary N) is 1. The third-order valence-corrected chi connectivity index (χ3v) is 8.01. The number of amides is 1. The van der Waals surface area contributed by atoms with Crippen LogP contribution in [0.25, 0.3) is 0 Å². The van der Waals surface area contributed by atoms with Gasteiger partial charge in [-0.2, -0.15) is 0 Å². The molecule has 0 aromatic heterocycles. The van der Waals surface area contributed by atoms with Gasteiger partial charge in [0.05, 0.1) is 21.5 Å². The number of anilines is 1. The summed E-state index contributed by atoms with van der Waals surface area (Å²) in [4.78, 5) is 12.5. The van der Waals surface area contributed by atoms with Gasteiger partial charge in [-0.25, -0.2) is 12.7 Å². The molecule has 1 N–H and O–H groups in total. The second-order valence-electron chi connectivity index (χ2n) is 6.76. The minimum absolute atomic E-state index is 0.202. The van der Waals surface area contributed by atoms with Crippen molar-refractivity contribution in [3.05, 3.63) is 62.1 Å². The Bertz CT molecular complexity index is 1020. The maximum Gasteiger partial charge on any atom is 0.227 e. The largest absolute Gasteiger partial charge is 0.324 e. The maximum absolute atomic E-state index is 12.7. The topological polar surface area (TPSA) is 66.5 Å². The molecule has 2 aromatic rings. The summed E-state index contributed by atoms with van der Waals surface area (Å²) >= 11 is 24.0. The Labute approximate surface area is 189 Å². The lowest BCUT2D eigenvalue weighted by molar-refractivity contribution is -0.120. The molecule has 0 unspecified atom stereocenters. The minimum atomic E-state index is -3.56. The first kappa shape index (κ1) is 22.7. The van der Waals surface area contributed by atoms with Crippen LogP contribution in [0, 0.1) is 5.92 Å². The van der Waals surface area contributed by atoms with Crippen LogP contribution < -0.4 is 5.32 Å². The van der Waals surface area contributed by atoms with Crippen molar-refractivity contribution in [1.82, 2.24) is 4.31 Å². The molecule has 0 aliphatic carbocycles. The highest BCUT2D eigenvalue weighted by Gasteiger charge is 2.31. The highest BCUT2D eigenvalue weighted by Crippen LogP contribution is 2.31. The van der Waals surface area contributed by atoms with E-state index in [0.717, 1.165) is 0 Å². The fraction of sp³-hybridized carbons (Fsp3) is 0.316. The molecule has 3 rings (SSSR count). The molecule has 29 heavy (non-hydrogen) atoms. The van der Waals surface area contributed by atoms with Crippen LogP contribution >= 0.6 is 46.4 Å². The van der Waals surface area contributed by atoms with Crippen LogP contribution in [0.2, 0.25) is 20.1 Å². The van der Waals surface area contributed by atoms with Crippen LogP contribution in [0.3, 0.4) is 0 Å². The number of sulfonamides is 1. The predicted octanol–water partition coefficient (Wildman–Crippen LogP) is 5.48. The summed E-state index contributed by atoms with van der Waals surface area (Å²) in [6, 6.07) is 9.73. The molecule has 1 amide bonds. The molecule has 5 nitrogen and oxygen atoms in total. The van der Waals surface area contributed by atoms with E-state index in [1.807, 2.05) is 0 Å². The molecule has 0 bridgehead atoms. The molecule has 1 heterocycles. The Morgan fingerprint density at radius 2 is 1.72 bits per heavy atom. The van der Waals surface area contributed by atoms with E-state index in [0.29, 0.717) is 39.2 Å². The molecule has 156 valence electrons. The average Bonchev–Trinajstić information content (AvgIpc) is 2.68. The summed E-state index contributed by atoms with van der Waals surface area (Å²) < 4.78 is 26.9. The van der Waals surface area contributed by atoms with Crippen LogP contribution in [-0.4, -0.2) is 31.7 Å². The normalized spacial score (nSPS) is 16.0. The monoisotopic (exact) mass is 494 g/mol. The van der Waals surface area contributed by atoms with Gasteiger partial charge in [-0.15, -0.1) is 0 Å². The van der Waals surface area contributed by atoms with Crippen LogP contribution in [0.5, 0.6) is 0 Å². The summed E-state index contributed by atoms with van der Waals surface area (Å²) in [6.07, 6.45) is 0.829. The summed E-state index contributed by atoms with van der Waals surface area (Å²) in [5, 5.41) is 4.17. The zero-order chi connectivity index (χ0) is 21.2. The lowest BCUT2D eigenvalue weighted by Crippen LogP contribution is -2.41. The van der Waals surface area contributed by atoms with Crippen molar-refractivity contribution in [1.29, 1.82) is 0 Å². The molecular weight excluding hydrogens is 478 g/mol. The Balaban J connectivity index is 1.60. The number of hydrogen-bond acceptors (Lipinski definition) is 3. The number of piperidine rings is 1. The van der Waals surface area contributed by atoms with Gasteiger partial charge >= 0.3 is 0 Å². The molecule has 10 heteroatoms. The molecule has 1 saturated heterocycles. The molecule has 1 aliphatic heterocycles. The molecule has 2 aromatic carbocycles. The summed E-state index contributed by atoms with van der Waals surface area (Å²) in [5.41, 5.74) is 0.933. The first-order valence-corrected chi connectivity index (χ1v) is 12.0. The van der Waals surface area contributed by atoms with E-state index in [4.69, 9.17) is 46.4 Å². The van der Waals surface area contributed by atoms with Crippen molar-refractivity contribution < 1.29 is 13.2 Å². The molecular formula is C19H18Cl4N2O3S. The van der Waals surface area contributed by atoms with E-state index in [-0.39, 0.29) is 35.7 Å². The molecule has 1 aliphatic rings. The Hall–Kier alpha value is -1.02. The Morgan fingerprint density at radius 1 is 1.03 bits per heavy atom. The molecule has 0 radical (unpaired) electrons.